The predicted octanol–water partition coefficient (Wildman–Crippen LogP) is 5.39. The molecule has 0 saturated carbocycles. The van der Waals surface area contributed by atoms with Crippen molar-refractivity contribution in [3.8, 4) is 22.8 Å². The molecule has 1 aliphatic rings. The third-order valence-electron chi connectivity index (χ3n) is 6.86. The second-order valence-corrected chi connectivity index (χ2v) is 9.48. The Balaban J connectivity index is 1.63. The number of rotatable bonds is 8. The van der Waals surface area contributed by atoms with Crippen molar-refractivity contribution < 1.29 is 19.7 Å². The molecule has 1 aromatic heterocycles. The summed E-state index contributed by atoms with van der Waals surface area (Å²) in [5.74, 6) is 1.35. The van der Waals surface area contributed by atoms with Gasteiger partial charge < -0.3 is 19.7 Å². The number of halogens is 1. The summed E-state index contributed by atoms with van der Waals surface area (Å²) in [4.78, 5) is 10.3. The largest absolute Gasteiger partial charge is 0.491 e. The lowest BCUT2D eigenvalue weighted by atomic mass is 9.69. The van der Waals surface area contributed by atoms with Crippen LogP contribution in [0.5, 0.6) is 11.5 Å². The molecule has 7 heteroatoms. The Labute approximate surface area is 225 Å². The number of aliphatic hydroxyl groups excluding tert-OH is 2. The highest BCUT2D eigenvalue weighted by Gasteiger charge is 2.48. The van der Waals surface area contributed by atoms with Gasteiger partial charge in [0.25, 0.3) is 0 Å². The van der Waals surface area contributed by atoms with Crippen LogP contribution in [0.1, 0.15) is 22.4 Å². The van der Waals surface area contributed by atoms with Gasteiger partial charge in [-0.25, -0.2) is 9.97 Å². The Morgan fingerprint density at radius 1 is 0.684 bits per heavy atom. The molecule has 38 heavy (non-hydrogen) atoms. The number of ether oxygens (including phenoxy) is 2. The van der Waals surface area contributed by atoms with Gasteiger partial charge >= 0.3 is 0 Å². The second-order valence-electron chi connectivity index (χ2n) is 9.04. The molecule has 0 aliphatic heterocycles. The van der Waals surface area contributed by atoms with Gasteiger partial charge in [0.2, 0.25) is 0 Å². The lowest BCUT2D eigenvalue weighted by Crippen LogP contribution is -2.29. The number of aromatic nitrogens is 2. The minimum absolute atomic E-state index is 0.0532. The van der Waals surface area contributed by atoms with Gasteiger partial charge in [-0.05, 0) is 59.2 Å². The molecule has 2 N–H and O–H groups in total. The smallest absolute Gasteiger partial charge is 0.119 e. The van der Waals surface area contributed by atoms with Gasteiger partial charge in [0.15, 0.2) is 0 Å². The third kappa shape index (κ3) is 3.98. The average molecular weight is 525 g/mol. The van der Waals surface area contributed by atoms with E-state index in [-0.39, 0.29) is 26.4 Å². The topological polar surface area (TPSA) is 84.7 Å². The minimum Gasteiger partial charge on any atom is -0.491 e. The maximum atomic E-state index is 9.17. The molecule has 6 rings (SSSR count). The Kier molecular flexibility index (Phi) is 6.45. The third-order valence-corrected chi connectivity index (χ3v) is 7.10. The van der Waals surface area contributed by atoms with Crippen LogP contribution >= 0.6 is 11.6 Å². The number of hydrogen-bond acceptors (Lipinski definition) is 6. The minimum atomic E-state index is -0.763. The van der Waals surface area contributed by atoms with Gasteiger partial charge in [-0.1, -0.05) is 60.1 Å². The number of benzene rings is 4. The molecule has 4 aromatic carbocycles. The van der Waals surface area contributed by atoms with Crippen molar-refractivity contribution in [1.82, 2.24) is 9.97 Å². The van der Waals surface area contributed by atoms with Crippen LogP contribution in [0.4, 0.5) is 0 Å². The average Bonchev–Trinajstić information content (AvgIpc) is 3.24. The zero-order valence-electron chi connectivity index (χ0n) is 20.5. The summed E-state index contributed by atoms with van der Waals surface area (Å²) in [6, 6.07) is 29.7. The van der Waals surface area contributed by atoms with Gasteiger partial charge in [-0.2, -0.15) is 0 Å². The van der Waals surface area contributed by atoms with Crippen molar-refractivity contribution in [2.45, 2.75) is 5.41 Å². The van der Waals surface area contributed by atoms with Crippen molar-refractivity contribution in [3.05, 3.63) is 118 Å². The first-order valence-corrected chi connectivity index (χ1v) is 12.8. The van der Waals surface area contributed by atoms with Crippen molar-refractivity contribution in [1.29, 1.82) is 0 Å². The predicted molar refractivity (Wildman–Crippen MR) is 147 cm³/mol. The van der Waals surface area contributed by atoms with Gasteiger partial charge in [0.05, 0.1) is 41.1 Å². The fraction of sp³-hybridized carbons (Fsp3) is 0.161. The number of aliphatic hydroxyl groups is 2. The van der Waals surface area contributed by atoms with Crippen LogP contribution in [0.15, 0.2) is 91.0 Å². The quantitative estimate of drug-likeness (QED) is 0.278. The Bertz CT molecular complexity index is 1550. The fourth-order valence-corrected chi connectivity index (χ4v) is 5.47. The number of nitrogens with zero attached hydrogens (tertiary/aromatic N) is 2. The molecular weight excluding hydrogens is 500 g/mol. The maximum absolute atomic E-state index is 9.17. The Morgan fingerprint density at radius 3 is 1.89 bits per heavy atom. The molecule has 0 radical (unpaired) electrons. The lowest BCUT2D eigenvalue weighted by molar-refractivity contribution is 0.201. The SMILES string of the molecule is OCCOc1ccc(C2(c3ccc(OCCO)cc3)c3ccccc3-c3nc4ccc(Cl)cc4nc32)cc1. The molecule has 1 heterocycles. The lowest BCUT2D eigenvalue weighted by Gasteiger charge is -2.32. The first-order valence-electron chi connectivity index (χ1n) is 12.4. The van der Waals surface area contributed by atoms with E-state index >= 15 is 0 Å². The van der Waals surface area contributed by atoms with Crippen molar-refractivity contribution in [3.63, 3.8) is 0 Å². The molecule has 0 fully saturated rings. The van der Waals surface area contributed by atoms with E-state index in [1.165, 1.54) is 0 Å². The van der Waals surface area contributed by atoms with Crippen LogP contribution < -0.4 is 9.47 Å². The normalized spacial score (nSPS) is 13.2. The number of hydrogen-bond donors (Lipinski definition) is 2. The highest BCUT2D eigenvalue weighted by molar-refractivity contribution is 6.31. The molecule has 190 valence electrons. The van der Waals surface area contributed by atoms with E-state index in [1.807, 2.05) is 78.9 Å². The van der Waals surface area contributed by atoms with Crippen LogP contribution in [0.3, 0.4) is 0 Å². The van der Waals surface area contributed by atoms with E-state index in [9.17, 15) is 10.2 Å². The highest BCUT2D eigenvalue weighted by atomic mass is 35.5. The van der Waals surface area contributed by atoms with Crippen molar-refractivity contribution in [2.75, 3.05) is 26.4 Å². The standard InChI is InChI=1S/C31H25ClN2O4/c32-22-9-14-27-28(19-22)34-30-29(33-27)25-3-1-2-4-26(25)31(30,20-5-10-23(11-6-20)37-17-15-35)21-7-12-24(13-8-21)38-18-16-36/h1-14,19,35-36H,15-18H2. The maximum Gasteiger partial charge on any atom is 0.119 e. The van der Waals surface area contributed by atoms with E-state index < -0.39 is 5.41 Å². The molecule has 0 amide bonds. The monoisotopic (exact) mass is 524 g/mol. The van der Waals surface area contributed by atoms with Crippen LogP contribution in [0.2, 0.25) is 5.02 Å². The summed E-state index contributed by atoms with van der Waals surface area (Å²) in [6.45, 7) is 0.345. The Hall–Kier alpha value is -3.97. The van der Waals surface area contributed by atoms with E-state index in [4.69, 9.17) is 31.0 Å². The summed E-state index contributed by atoms with van der Waals surface area (Å²) in [5, 5.41) is 18.9. The summed E-state index contributed by atoms with van der Waals surface area (Å²) >= 11 is 6.35. The first kappa shape index (κ1) is 24.4. The highest BCUT2D eigenvalue weighted by Crippen LogP contribution is 2.55. The molecular formula is C31H25ClN2O4. The van der Waals surface area contributed by atoms with E-state index in [0.717, 1.165) is 44.7 Å². The molecule has 0 atom stereocenters. The molecule has 5 aromatic rings. The van der Waals surface area contributed by atoms with Crippen LogP contribution in [0, 0.1) is 0 Å². The zero-order chi connectivity index (χ0) is 26.1. The fourth-order valence-electron chi connectivity index (χ4n) is 5.30. The second kappa shape index (κ2) is 10.1. The van der Waals surface area contributed by atoms with E-state index in [2.05, 4.69) is 12.1 Å². The Morgan fingerprint density at radius 2 is 1.29 bits per heavy atom. The molecule has 6 nitrogen and oxygen atoms in total. The zero-order valence-corrected chi connectivity index (χ0v) is 21.2. The van der Waals surface area contributed by atoms with E-state index in [0.29, 0.717) is 16.5 Å². The van der Waals surface area contributed by atoms with Crippen LogP contribution in [-0.2, 0) is 5.41 Å². The van der Waals surface area contributed by atoms with Crippen LogP contribution in [-0.4, -0.2) is 46.6 Å². The first-order chi connectivity index (χ1) is 18.6. The van der Waals surface area contributed by atoms with E-state index in [1.54, 1.807) is 0 Å². The van der Waals surface area contributed by atoms with Crippen molar-refractivity contribution >= 4 is 22.6 Å². The van der Waals surface area contributed by atoms with Gasteiger partial charge in [-0.3, -0.25) is 0 Å². The summed E-state index contributed by atoms with van der Waals surface area (Å²) in [6.07, 6.45) is 0. The van der Waals surface area contributed by atoms with Crippen LogP contribution in [0.25, 0.3) is 22.3 Å². The number of fused-ring (bicyclic) bond motifs is 4. The summed E-state index contributed by atoms with van der Waals surface area (Å²) < 4.78 is 11.3. The molecule has 0 spiro atoms. The molecule has 0 unspecified atom stereocenters. The van der Waals surface area contributed by atoms with Gasteiger partial charge in [0.1, 0.15) is 24.7 Å². The summed E-state index contributed by atoms with van der Waals surface area (Å²) in [5.41, 5.74) is 6.48. The molecule has 0 bridgehead atoms. The van der Waals surface area contributed by atoms with Gasteiger partial charge in [-0.15, -0.1) is 0 Å². The van der Waals surface area contributed by atoms with Crippen molar-refractivity contribution in [2.24, 2.45) is 0 Å². The summed E-state index contributed by atoms with van der Waals surface area (Å²) in [7, 11) is 0. The molecule has 1 aliphatic carbocycles. The molecule has 0 saturated heterocycles. The van der Waals surface area contributed by atoms with Gasteiger partial charge in [0, 0.05) is 10.6 Å².